The predicted octanol–water partition coefficient (Wildman–Crippen LogP) is 5.33. The van der Waals surface area contributed by atoms with E-state index < -0.39 is 0 Å². The lowest BCUT2D eigenvalue weighted by molar-refractivity contribution is -0.121. The van der Waals surface area contributed by atoms with Gasteiger partial charge in [-0.15, -0.1) is 0 Å². The Morgan fingerprint density at radius 2 is 1.65 bits per heavy atom. The Morgan fingerprint density at radius 3 is 2.35 bits per heavy atom. The van der Waals surface area contributed by atoms with Crippen molar-refractivity contribution in [2.75, 3.05) is 0 Å². The summed E-state index contributed by atoms with van der Waals surface area (Å²) in [7, 11) is 0. The molecule has 1 N–H and O–H groups in total. The summed E-state index contributed by atoms with van der Waals surface area (Å²) in [5, 5.41) is 3.92. The number of carbonyl (C=O) groups excluding carboxylic acids is 1. The highest BCUT2D eigenvalue weighted by molar-refractivity contribution is 5.81. The lowest BCUT2D eigenvalue weighted by Crippen LogP contribution is -2.16. The molecule has 3 heteroatoms. The SMILES string of the molecule is CCCCCCCCCCC(=O)NN=CC=Cc1ccccc1. The minimum atomic E-state index is 0.000319. The minimum Gasteiger partial charge on any atom is -0.273 e. The Morgan fingerprint density at radius 1 is 1.00 bits per heavy atom. The van der Waals surface area contributed by atoms with Crippen molar-refractivity contribution in [3.8, 4) is 0 Å². The molecule has 0 unspecified atom stereocenters. The standard InChI is InChI=1S/C20H30N2O/c1-2-3-4-5-6-7-8-12-17-20(23)22-21-18-13-16-19-14-10-9-11-15-19/h9-11,13-16,18H,2-8,12,17H2,1H3,(H,22,23). The third kappa shape index (κ3) is 11.3. The molecule has 126 valence electrons. The van der Waals surface area contributed by atoms with Crippen molar-refractivity contribution in [3.05, 3.63) is 42.0 Å². The molecule has 0 atom stereocenters. The van der Waals surface area contributed by atoms with E-state index in [2.05, 4.69) is 17.5 Å². The van der Waals surface area contributed by atoms with Crippen LogP contribution >= 0.6 is 0 Å². The van der Waals surface area contributed by atoms with Crippen LogP contribution in [0.4, 0.5) is 0 Å². The minimum absolute atomic E-state index is 0.000319. The van der Waals surface area contributed by atoms with E-state index >= 15 is 0 Å². The normalized spacial score (nSPS) is 11.3. The maximum Gasteiger partial charge on any atom is 0.240 e. The Labute approximate surface area is 140 Å². The fraction of sp³-hybridized carbons (Fsp3) is 0.500. The van der Waals surface area contributed by atoms with E-state index in [0.717, 1.165) is 18.4 Å². The highest BCUT2D eigenvalue weighted by Crippen LogP contribution is 2.09. The molecule has 0 heterocycles. The van der Waals surface area contributed by atoms with Crippen molar-refractivity contribution in [3.63, 3.8) is 0 Å². The number of nitrogens with one attached hydrogen (secondary N) is 1. The smallest absolute Gasteiger partial charge is 0.240 e. The van der Waals surface area contributed by atoms with Gasteiger partial charge in [-0.05, 0) is 18.1 Å². The van der Waals surface area contributed by atoms with Crippen molar-refractivity contribution in [1.82, 2.24) is 5.43 Å². The van der Waals surface area contributed by atoms with E-state index in [0.29, 0.717) is 6.42 Å². The van der Waals surface area contributed by atoms with Gasteiger partial charge < -0.3 is 0 Å². The molecular formula is C20H30N2O. The molecule has 0 bridgehead atoms. The first kappa shape index (κ1) is 19.1. The Bertz CT molecular complexity index is 466. The molecular weight excluding hydrogens is 284 g/mol. The summed E-state index contributed by atoms with van der Waals surface area (Å²) in [6.07, 6.45) is 15.9. The summed E-state index contributed by atoms with van der Waals surface area (Å²) >= 11 is 0. The number of allylic oxidation sites excluding steroid dienone is 1. The second-order valence-corrected chi connectivity index (χ2v) is 5.81. The van der Waals surface area contributed by atoms with E-state index in [1.165, 1.54) is 38.5 Å². The topological polar surface area (TPSA) is 41.5 Å². The van der Waals surface area contributed by atoms with Crippen LogP contribution in [0.2, 0.25) is 0 Å². The predicted molar refractivity (Wildman–Crippen MR) is 99.3 cm³/mol. The second-order valence-electron chi connectivity index (χ2n) is 5.81. The van der Waals surface area contributed by atoms with Gasteiger partial charge >= 0.3 is 0 Å². The van der Waals surface area contributed by atoms with Gasteiger partial charge in [0.2, 0.25) is 5.91 Å². The lowest BCUT2D eigenvalue weighted by Gasteiger charge is -2.01. The van der Waals surface area contributed by atoms with Gasteiger partial charge in [0.25, 0.3) is 0 Å². The molecule has 0 radical (unpaired) electrons. The third-order valence-corrected chi connectivity index (χ3v) is 3.70. The highest BCUT2D eigenvalue weighted by atomic mass is 16.2. The van der Waals surface area contributed by atoms with Gasteiger partial charge in [-0.2, -0.15) is 5.10 Å². The molecule has 0 spiro atoms. The van der Waals surface area contributed by atoms with Gasteiger partial charge in [-0.3, -0.25) is 4.79 Å². The molecule has 1 amide bonds. The first-order valence-corrected chi connectivity index (χ1v) is 8.86. The van der Waals surface area contributed by atoms with Crippen LogP contribution in [-0.4, -0.2) is 12.1 Å². The summed E-state index contributed by atoms with van der Waals surface area (Å²) in [4.78, 5) is 11.6. The highest BCUT2D eigenvalue weighted by Gasteiger charge is 1.98. The molecule has 1 aromatic rings. The molecule has 1 aromatic carbocycles. The Balaban J connectivity index is 1.99. The molecule has 0 saturated carbocycles. The number of unbranched alkanes of at least 4 members (excludes halogenated alkanes) is 7. The lowest BCUT2D eigenvalue weighted by atomic mass is 10.1. The van der Waals surface area contributed by atoms with Crippen LogP contribution in [0.3, 0.4) is 0 Å². The van der Waals surface area contributed by atoms with Gasteiger partial charge in [-0.1, -0.05) is 88.3 Å². The summed E-state index contributed by atoms with van der Waals surface area (Å²) < 4.78 is 0. The van der Waals surface area contributed by atoms with Gasteiger partial charge in [-0.25, -0.2) is 5.43 Å². The maximum atomic E-state index is 11.6. The monoisotopic (exact) mass is 314 g/mol. The molecule has 1 rings (SSSR count). The van der Waals surface area contributed by atoms with Crippen LogP contribution in [0.15, 0.2) is 41.5 Å². The third-order valence-electron chi connectivity index (χ3n) is 3.70. The van der Waals surface area contributed by atoms with Crippen molar-refractivity contribution in [1.29, 1.82) is 0 Å². The van der Waals surface area contributed by atoms with E-state index in [-0.39, 0.29) is 5.91 Å². The number of amides is 1. The van der Waals surface area contributed by atoms with E-state index in [9.17, 15) is 4.79 Å². The molecule has 0 aromatic heterocycles. The average Bonchev–Trinajstić information content (AvgIpc) is 2.58. The largest absolute Gasteiger partial charge is 0.273 e. The number of rotatable bonds is 12. The van der Waals surface area contributed by atoms with Gasteiger partial charge in [0, 0.05) is 12.6 Å². The van der Waals surface area contributed by atoms with Crippen molar-refractivity contribution >= 4 is 18.2 Å². The molecule has 23 heavy (non-hydrogen) atoms. The summed E-state index contributed by atoms with van der Waals surface area (Å²) in [5.74, 6) is 0.000319. The zero-order valence-corrected chi connectivity index (χ0v) is 14.3. The number of nitrogens with zero attached hydrogens (tertiary/aromatic N) is 1. The molecule has 3 nitrogen and oxygen atoms in total. The van der Waals surface area contributed by atoms with Crippen molar-refractivity contribution < 1.29 is 4.79 Å². The summed E-state index contributed by atoms with van der Waals surface area (Å²) in [5.41, 5.74) is 3.68. The first-order chi connectivity index (χ1) is 11.3. The molecule has 0 aliphatic rings. The van der Waals surface area contributed by atoms with Crippen molar-refractivity contribution in [2.24, 2.45) is 5.10 Å². The van der Waals surface area contributed by atoms with Crippen LogP contribution in [0.1, 0.15) is 70.3 Å². The van der Waals surface area contributed by atoms with Crippen LogP contribution in [-0.2, 0) is 4.79 Å². The summed E-state index contributed by atoms with van der Waals surface area (Å²) in [6.45, 7) is 2.23. The van der Waals surface area contributed by atoms with Gasteiger partial charge in [0.15, 0.2) is 0 Å². The Kier molecular flexibility index (Phi) is 11.4. The van der Waals surface area contributed by atoms with Crippen LogP contribution in [0.5, 0.6) is 0 Å². The zero-order chi connectivity index (χ0) is 16.6. The fourth-order valence-electron chi connectivity index (χ4n) is 2.35. The van der Waals surface area contributed by atoms with E-state index in [1.807, 2.05) is 42.5 Å². The number of hydrogen-bond acceptors (Lipinski definition) is 2. The van der Waals surface area contributed by atoms with Crippen LogP contribution in [0, 0.1) is 0 Å². The number of benzene rings is 1. The molecule has 0 aliphatic heterocycles. The van der Waals surface area contributed by atoms with E-state index in [4.69, 9.17) is 0 Å². The van der Waals surface area contributed by atoms with Crippen LogP contribution in [0.25, 0.3) is 6.08 Å². The maximum absolute atomic E-state index is 11.6. The quantitative estimate of drug-likeness (QED) is 0.316. The van der Waals surface area contributed by atoms with Gasteiger partial charge in [0.05, 0.1) is 0 Å². The van der Waals surface area contributed by atoms with Crippen LogP contribution < -0.4 is 5.43 Å². The fourth-order valence-corrected chi connectivity index (χ4v) is 2.35. The van der Waals surface area contributed by atoms with E-state index in [1.54, 1.807) is 6.21 Å². The average molecular weight is 314 g/mol. The summed E-state index contributed by atoms with van der Waals surface area (Å²) in [6, 6.07) is 10.00. The number of carbonyl (C=O) groups is 1. The molecule has 0 aliphatic carbocycles. The van der Waals surface area contributed by atoms with Gasteiger partial charge in [0.1, 0.15) is 0 Å². The molecule has 0 saturated heterocycles. The molecule has 0 fully saturated rings. The van der Waals surface area contributed by atoms with Crippen molar-refractivity contribution in [2.45, 2.75) is 64.7 Å². The number of hydrazone groups is 1. The zero-order valence-electron chi connectivity index (χ0n) is 14.3. The number of hydrogen-bond donors (Lipinski definition) is 1. The second kappa shape index (κ2) is 13.7. The first-order valence-electron chi connectivity index (χ1n) is 8.86. The Hall–Kier alpha value is -1.90.